The van der Waals surface area contributed by atoms with Crippen molar-refractivity contribution in [3.05, 3.63) is 117 Å². The molecule has 0 bridgehead atoms. The Balaban J connectivity index is 0.000000209. The third-order valence-electron chi connectivity index (χ3n) is 6.39. The number of benzene rings is 4. The predicted molar refractivity (Wildman–Crippen MR) is 177 cm³/mol. The lowest BCUT2D eigenvalue weighted by Crippen LogP contribution is -2.01. The molecule has 4 aromatic carbocycles. The predicted octanol–water partition coefficient (Wildman–Crippen LogP) is 8.62. The molecule has 12 nitrogen and oxygen atoms in total. The number of aromatic nitrogens is 3. The van der Waals surface area contributed by atoms with Crippen LogP contribution in [0.2, 0.25) is 10.0 Å². The van der Waals surface area contributed by atoms with Gasteiger partial charge in [-0.05, 0) is 78.6 Å². The normalized spacial score (nSPS) is 10.8. The minimum absolute atomic E-state index is 0.0123. The summed E-state index contributed by atoms with van der Waals surface area (Å²) in [5.74, 6) is 0.384. The number of methoxy groups -OCH3 is 2. The molecule has 236 valence electrons. The van der Waals surface area contributed by atoms with Gasteiger partial charge in [-0.25, -0.2) is 0 Å². The third-order valence-corrected chi connectivity index (χ3v) is 6.86. The number of phenolic OH excluding ortho intramolecular Hbond substituents is 2. The molecule has 1 heterocycles. The molecule has 5 aromatic rings. The van der Waals surface area contributed by atoms with E-state index in [4.69, 9.17) is 32.7 Å². The number of rotatable bonds is 10. The molecule has 0 radical (unpaired) electrons. The van der Waals surface area contributed by atoms with Gasteiger partial charge in [-0.15, -0.1) is 38.4 Å². The van der Waals surface area contributed by atoms with Crippen LogP contribution in [0.1, 0.15) is 11.1 Å². The summed E-state index contributed by atoms with van der Waals surface area (Å²) in [5.41, 5.74) is 3.42. The van der Waals surface area contributed by atoms with E-state index in [1.807, 2.05) is 0 Å². The molecule has 0 fully saturated rings. The molecular formula is C32H28Cl2N6O6. The standard InChI is InChI=1S/C16H14ClN3O4.C16H14ClN3O2/c1-3-4-10-7-13(16(21)15(8-10)24-2)19-18-12-6-5-11(17)9-14(12)20(22)23;1-3-4-10-7-14(16(21)15(8-10)22-2)20-18-12-6-5-11(17)9-13(12)19-20/h3,5-9,21H,1,4H2,2H3;3,5-9,21H,1,4H2,2H3. The Morgan fingerprint density at radius 1 is 0.826 bits per heavy atom. The van der Waals surface area contributed by atoms with Crippen LogP contribution in [-0.4, -0.2) is 44.3 Å². The summed E-state index contributed by atoms with van der Waals surface area (Å²) in [6.07, 6.45) is 4.66. The molecule has 0 spiro atoms. The van der Waals surface area contributed by atoms with Crippen LogP contribution in [0, 0.1) is 10.1 Å². The van der Waals surface area contributed by atoms with Crippen molar-refractivity contribution < 1.29 is 24.6 Å². The number of phenols is 2. The number of aromatic hydroxyl groups is 2. The van der Waals surface area contributed by atoms with E-state index < -0.39 is 4.92 Å². The average Bonchev–Trinajstić information content (AvgIpc) is 3.45. The molecule has 1 aromatic heterocycles. The second kappa shape index (κ2) is 15.0. The molecule has 0 saturated heterocycles. The first-order valence-corrected chi connectivity index (χ1v) is 14.2. The Morgan fingerprint density at radius 3 is 2.02 bits per heavy atom. The molecule has 2 N–H and O–H groups in total. The molecule has 0 amide bonds. The van der Waals surface area contributed by atoms with E-state index in [1.165, 1.54) is 37.2 Å². The summed E-state index contributed by atoms with van der Waals surface area (Å²) in [4.78, 5) is 11.8. The highest BCUT2D eigenvalue weighted by Gasteiger charge is 2.17. The number of halogens is 2. The fourth-order valence-corrected chi connectivity index (χ4v) is 4.57. The largest absolute Gasteiger partial charge is 0.503 e. The number of nitro benzene ring substituents is 1. The topological polar surface area (TPSA) is 157 Å². The van der Waals surface area contributed by atoms with Gasteiger partial charge < -0.3 is 19.7 Å². The van der Waals surface area contributed by atoms with Crippen LogP contribution in [0.5, 0.6) is 23.0 Å². The van der Waals surface area contributed by atoms with Gasteiger partial charge in [-0.1, -0.05) is 35.4 Å². The summed E-state index contributed by atoms with van der Waals surface area (Å²) in [7, 11) is 2.92. The maximum absolute atomic E-state index is 11.1. The average molecular weight is 664 g/mol. The van der Waals surface area contributed by atoms with Crippen LogP contribution in [0.3, 0.4) is 0 Å². The number of nitro groups is 1. The van der Waals surface area contributed by atoms with E-state index in [0.717, 1.165) is 11.1 Å². The Labute approximate surface area is 273 Å². The van der Waals surface area contributed by atoms with Crippen LogP contribution >= 0.6 is 23.2 Å². The minimum atomic E-state index is -0.602. The highest BCUT2D eigenvalue weighted by atomic mass is 35.5. The fourth-order valence-electron chi connectivity index (χ4n) is 4.24. The lowest BCUT2D eigenvalue weighted by Gasteiger charge is -2.10. The summed E-state index contributed by atoms with van der Waals surface area (Å²) in [5, 5.41) is 48.8. The zero-order valence-corrected chi connectivity index (χ0v) is 26.2. The van der Waals surface area contributed by atoms with Crippen molar-refractivity contribution in [3.63, 3.8) is 0 Å². The quantitative estimate of drug-likeness (QED) is 0.0651. The maximum atomic E-state index is 11.1. The Hall–Kier alpha value is -5.46. The molecule has 5 rings (SSSR count). The van der Waals surface area contributed by atoms with Crippen molar-refractivity contribution in [3.8, 4) is 28.7 Å². The van der Waals surface area contributed by atoms with Gasteiger partial charge in [0.25, 0.3) is 5.69 Å². The number of azo groups is 1. The number of nitrogens with zero attached hydrogens (tertiary/aromatic N) is 6. The molecule has 0 unspecified atom stereocenters. The van der Waals surface area contributed by atoms with Crippen molar-refractivity contribution >= 4 is 51.3 Å². The zero-order valence-electron chi connectivity index (χ0n) is 24.7. The highest BCUT2D eigenvalue weighted by Crippen LogP contribution is 2.40. The van der Waals surface area contributed by atoms with Crippen molar-refractivity contribution in [2.75, 3.05) is 14.2 Å². The van der Waals surface area contributed by atoms with Crippen LogP contribution in [-0.2, 0) is 12.8 Å². The second-order valence-corrected chi connectivity index (χ2v) is 10.4. The minimum Gasteiger partial charge on any atom is -0.503 e. The van der Waals surface area contributed by atoms with Gasteiger partial charge in [-0.2, -0.15) is 0 Å². The van der Waals surface area contributed by atoms with Crippen LogP contribution in [0.25, 0.3) is 16.7 Å². The van der Waals surface area contributed by atoms with Gasteiger partial charge in [0.05, 0.1) is 19.1 Å². The summed E-state index contributed by atoms with van der Waals surface area (Å²) in [6, 6.07) is 16.1. The highest BCUT2D eigenvalue weighted by molar-refractivity contribution is 6.31. The van der Waals surface area contributed by atoms with Crippen LogP contribution in [0.4, 0.5) is 17.1 Å². The van der Waals surface area contributed by atoms with Gasteiger partial charge in [0.1, 0.15) is 22.4 Å². The van der Waals surface area contributed by atoms with Gasteiger partial charge in [-0.3, -0.25) is 10.1 Å². The Bertz CT molecular complexity index is 1960. The molecule has 0 atom stereocenters. The molecule has 0 saturated carbocycles. The molecule has 0 aliphatic heterocycles. The van der Waals surface area contributed by atoms with Gasteiger partial charge in [0.2, 0.25) is 0 Å². The van der Waals surface area contributed by atoms with E-state index in [-0.39, 0.29) is 39.3 Å². The molecule has 0 aliphatic carbocycles. The van der Waals surface area contributed by atoms with Crippen LogP contribution in [0.15, 0.2) is 96.2 Å². The van der Waals surface area contributed by atoms with Crippen molar-refractivity contribution in [1.29, 1.82) is 0 Å². The van der Waals surface area contributed by atoms with E-state index in [9.17, 15) is 20.3 Å². The number of ether oxygens (including phenoxy) is 2. The van der Waals surface area contributed by atoms with E-state index in [2.05, 4.69) is 33.6 Å². The lowest BCUT2D eigenvalue weighted by molar-refractivity contribution is -0.384. The lowest BCUT2D eigenvalue weighted by atomic mass is 10.1. The van der Waals surface area contributed by atoms with E-state index in [0.29, 0.717) is 40.3 Å². The van der Waals surface area contributed by atoms with E-state index in [1.54, 1.807) is 54.6 Å². The first kappa shape index (κ1) is 33.4. The first-order chi connectivity index (χ1) is 22.1. The monoisotopic (exact) mass is 662 g/mol. The fraction of sp³-hybridized carbons (Fsp3) is 0.125. The second-order valence-electron chi connectivity index (χ2n) is 9.53. The summed E-state index contributed by atoms with van der Waals surface area (Å²) in [6.45, 7) is 7.38. The summed E-state index contributed by atoms with van der Waals surface area (Å²) < 4.78 is 10.3. The SMILES string of the molecule is C=CCc1cc(N=Nc2ccc(Cl)cc2[N+](=O)[O-])c(O)c(OC)c1.C=CCc1cc(OC)c(O)c(-n2nc3ccc(Cl)cc3n2)c1. The zero-order chi connectivity index (χ0) is 33.4. The molecule has 14 heteroatoms. The number of allylic oxidation sites excluding steroid dienone is 2. The van der Waals surface area contributed by atoms with Crippen molar-refractivity contribution in [2.45, 2.75) is 12.8 Å². The number of hydrogen-bond acceptors (Lipinski definition) is 10. The van der Waals surface area contributed by atoms with Crippen molar-refractivity contribution in [2.24, 2.45) is 10.2 Å². The molecular weight excluding hydrogens is 635 g/mol. The van der Waals surface area contributed by atoms with Crippen molar-refractivity contribution in [1.82, 2.24) is 15.0 Å². The third kappa shape index (κ3) is 7.78. The number of fused-ring (bicyclic) bond motifs is 1. The van der Waals surface area contributed by atoms with Gasteiger partial charge in [0.15, 0.2) is 28.7 Å². The maximum Gasteiger partial charge on any atom is 0.298 e. The Morgan fingerprint density at radius 2 is 1.39 bits per heavy atom. The van der Waals surface area contributed by atoms with Crippen LogP contribution < -0.4 is 9.47 Å². The number of hydrogen-bond donors (Lipinski definition) is 2. The molecule has 46 heavy (non-hydrogen) atoms. The summed E-state index contributed by atoms with van der Waals surface area (Å²) >= 11 is 11.7. The Kier molecular flexibility index (Phi) is 10.9. The van der Waals surface area contributed by atoms with E-state index >= 15 is 0 Å². The smallest absolute Gasteiger partial charge is 0.298 e. The van der Waals surface area contributed by atoms with Gasteiger partial charge >= 0.3 is 0 Å². The molecule has 0 aliphatic rings. The van der Waals surface area contributed by atoms with Gasteiger partial charge in [0, 0.05) is 16.1 Å². The first-order valence-electron chi connectivity index (χ1n) is 13.5.